The highest BCUT2D eigenvalue weighted by atomic mass is 19.2. The lowest BCUT2D eigenvalue weighted by Crippen LogP contribution is -2.21. The Labute approximate surface area is 205 Å². The third-order valence-electron chi connectivity index (χ3n) is 6.65. The maximum absolute atomic E-state index is 15.0. The number of hydrogen-bond donors (Lipinski definition) is 0. The van der Waals surface area contributed by atoms with Gasteiger partial charge in [0.15, 0.2) is 23.2 Å². The molecule has 0 atom stereocenters. The molecule has 0 unspecified atom stereocenters. The molecule has 0 heterocycles. The quantitative estimate of drug-likeness (QED) is 0.227. The Hall–Kier alpha value is -3.05. The van der Waals surface area contributed by atoms with Crippen molar-refractivity contribution in [1.29, 1.82) is 0 Å². The van der Waals surface area contributed by atoms with Gasteiger partial charge in [0.05, 0.1) is 19.3 Å². The number of benzene rings is 3. The normalized spacial score (nSPS) is 17.8. The van der Waals surface area contributed by atoms with Crippen molar-refractivity contribution in [2.45, 2.75) is 57.7 Å². The maximum Gasteiger partial charge on any atom is 0.166 e. The summed E-state index contributed by atoms with van der Waals surface area (Å²) in [6.07, 6.45) is 5.32. The molecule has 2 nitrogen and oxygen atoms in total. The maximum atomic E-state index is 15.0. The monoisotopic (exact) mass is 480 g/mol. The molecular weight excluding hydrogens is 449 g/mol. The summed E-state index contributed by atoms with van der Waals surface area (Å²) in [6.45, 7) is 6.26. The lowest BCUT2D eigenvalue weighted by Gasteiger charge is -2.29. The van der Waals surface area contributed by atoms with Gasteiger partial charge in [-0.1, -0.05) is 54.1 Å². The van der Waals surface area contributed by atoms with E-state index in [4.69, 9.17) is 9.47 Å². The second kappa shape index (κ2) is 11.6. The van der Waals surface area contributed by atoms with E-state index in [0.29, 0.717) is 30.8 Å². The Morgan fingerprint density at radius 3 is 2.34 bits per heavy atom. The van der Waals surface area contributed by atoms with Gasteiger partial charge in [-0.05, 0) is 73.8 Å². The molecule has 184 valence electrons. The number of rotatable bonds is 9. The number of aryl methyl sites for hydroxylation is 1. The van der Waals surface area contributed by atoms with Crippen LogP contribution in [-0.4, -0.2) is 12.7 Å². The van der Waals surface area contributed by atoms with Crippen LogP contribution in [0.3, 0.4) is 0 Å². The fraction of sp³-hybridized carbons (Fsp3) is 0.333. The molecule has 5 heteroatoms. The van der Waals surface area contributed by atoms with Gasteiger partial charge in [-0.25, -0.2) is 13.2 Å². The predicted molar refractivity (Wildman–Crippen MR) is 133 cm³/mol. The number of hydrogen-bond acceptors (Lipinski definition) is 2. The Bertz CT molecular complexity index is 1150. The second-order valence-corrected chi connectivity index (χ2v) is 9.17. The van der Waals surface area contributed by atoms with Crippen molar-refractivity contribution >= 4 is 0 Å². The first-order chi connectivity index (χ1) is 17.0. The van der Waals surface area contributed by atoms with E-state index in [1.807, 2.05) is 31.2 Å². The van der Waals surface area contributed by atoms with Crippen molar-refractivity contribution in [2.75, 3.05) is 6.61 Å². The van der Waals surface area contributed by atoms with E-state index in [1.54, 1.807) is 30.3 Å². The summed E-state index contributed by atoms with van der Waals surface area (Å²) in [7, 11) is 0. The minimum atomic E-state index is -0.788. The number of ether oxygens (including phenoxy) is 2. The van der Waals surface area contributed by atoms with Gasteiger partial charge < -0.3 is 9.47 Å². The van der Waals surface area contributed by atoms with Gasteiger partial charge in [0, 0.05) is 5.56 Å². The molecule has 0 N–H and O–H groups in total. The van der Waals surface area contributed by atoms with E-state index in [-0.39, 0.29) is 23.3 Å². The second-order valence-electron chi connectivity index (χ2n) is 9.17. The van der Waals surface area contributed by atoms with Crippen LogP contribution in [0, 0.1) is 24.4 Å². The summed E-state index contributed by atoms with van der Waals surface area (Å²) in [6, 6.07) is 15.7. The molecule has 0 bridgehead atoms. The average Bonchev–Trinajstić information content (AvgIpc) is 2.87. The summed E-state index contributed by atoms with van der Waals surface area (Å²) in [5.41, 5.74) is 3.20. The third-order valence-corrected chi connectivity index (χ3v) is 6.65. The molecule has 1 aliphatic carbocycles. The molecule has 0 spiro atoms. The van der Waals surface area contributed by atoms with Crippen LogP contribution in [0.25, 0.3) is 11.1 Å². The summed E-state index contributed by atoms with van der Waals surface area (Å²) < 4.78 is 55.5. The smallest absolute Gasteiger partial charge is 0.166 e. The van der Waals surface area contributed by atoms with Crippen LogP contribution >= 0.6 is 0 Å². The summed E-state index contributed by atoms with van der Waals surface area (Å²) in [4.78, 5) is 0. The first-order valence-corrected chi connectivity index (χ1v) is 12.1. The Morgan fingerprint density at radius 1 is 0.914 bits per heavy atom. The predicted octanol–water partition coefficient (Wildman–Crippen LogP) is 8.28. The van der Waals surface area contributed by atoms with Gasteiger partial charge in [0.1, 0.15) is 0 Å². The summed E-state index contributed by atoms with van der Waals surface area (Å²) in [5.74, 6) is -1.77. The third kappa shape index (κ3) is 6.15. The zero-order chi connectivity index (χ0) is 24.8. The van der Waals surface area contributed by atoms with Gasteiger partial charge >= 0.3 is 0 Å². The fourth-order valence-corrected chi connectivity index (χ4v) is 4.59. The lowest BCUT2D eigenvalue weighted by molar-refractivity contribution is 0.0130. The first-order valence-electron chi connectivity index (χ1n) is 12.1. The molecule has 3 aromatic rings. The van der Waals surface area contributed by atoms with E-state index in [0.717, 1.165) is 36.8 Å². The van der Waals surface area contributed by atoms with E-state index in [1.165, 1.54) is 6.07 Å². The van der Waals surface area contributed by atoms with Crippen LogP contribution in [0.2, 0.25) is 0 Å². The molecule has 3 aromatic carbocycles. The van der Waals surface area contributed by atoms with Gasteiger partial charge in [0.25, 0.3) is 0 Å². The van der Waals surface area contributed by atoms with Gasteiger partial charge in [-0.2, -0.15) is 0 Å². The van der Waals surface area contributed by atoms with E-state index in [2.05, 4.69) is 6.58 Å². The minimum absolute atomic E-state index is 0.0116. The summed E-state index contributed by atoms with van der Waals surface area (Å²) in [5, 5.41) is 0. The zero-order valence-electron chi connectivity index (χ0n) is 20.0. The molecule has 1 aliphatic rings. The highest BCUT2D eigenvalue weighted by Crippen LogP contribution is 2.38. The van der Waals surface area contributed by atoms with E-state index >= 15 is 0 Å². The molecular formula is C30H31F3O2. The zero-order valence-corrected chi connectivity index (χ0v) is 20.0. The lowest BCUT2D eigenvalue weighted by atomic mass is 9.82. The van der Waals surface area contributed by atoms with Crippen molar-refractivity contribution in [1.82, 2.24) is 0 Å². The van der Waals surface area contributed by atoms with Gasteiger partial charge in [0.2, 0.25) is 0 Å². The molecule has 0 saturated heterocycles. The SMILES string of the molecule is C=CCCOc1ccc(COC2CCC(c3ccc(-c4ccc(C)cc4)c(F)c3F)CC2)cc1F. The Morgan fingerprint density at radius 2 is 1.66 bits per heavy atom. The molecule has 0 aliphatic heterocycles. The average molecular weight is 481 g/mol. The van der Waals surface area contributed by atoms with Crippen LogP contribution in [0.15, 0.2) is 67.3 Å². The first kappa shape index (κ1) is 25.1. The highest BCUT2D eigenvalue weighted by molar-refractivity contribution is 5.65. The topological polar surface area (TPSA) is 18.5 Å². The largest absolute Gasteiger partial charge is 0.490 e. The summed E-state index contributed by atoms with van der Waals surface area (Å²) >= 11 is 0. The standard InChI is InChI=1S/C30H31F3O2/c1-3-4-17-34-28-16-7-21(18-27(28)31)19-35-24-12-10-23(11-13-24)26-15-14-25(29(32)30(26)33)22-8-5-20(2)6-9-22/h3,5-9,14-16,18,23-24H,1,4,10-13,17,19H2,2H3. The van der Waals surface area contributed by atoms with E-state index in [9.17, 15) is 13.2 Å². The Kier molecular flexibility index (Phi) is 8.29. The van der Waals surface area contributed by atoms with Crippen LogP contribution in [0.1, 0.15) is 54.7 Å². The molecule has 1 fully saturated rings. The van der Waals surface area contributed by atoms with E-state index < -0.39 is 17.5 Å². The van der Waals surface area contributed by atoms with Crippen LogP contribution in [0.5, 0.6) is 5.75 Å². The van der Waals surface area contributed by atoms with Crippen molar-refractivity contribution in [3.05, 3.63) is 101 Å². The van der Waals surface area contributed by atoms with Crippen LogP contribution in [0.4, 0.5) is 13.2 Å². The highest BCUT2D eigenvalue weighted by Gasteiger charge is 2.27. The van der Waals surface area contributed by atoms with Crippen molar-refractivity contribution in [3.63, 3.8) is 0 Å². The van der Waals surface area contributed by atoms with Crippen LogP contribution in [-0.2, 0) is 11.3 Å². The molecule has 0 amide bonds. The van der Waals surface area contributed by atoms with Crippen molar-refractivity contribution < 1.29 is 22.6 Å². The molecule has 0 aromatic heterocycles. The molecule has 35 heavy (non-hydrogen) atoms. The number of halogens is 3. The minimum Gasteiger partial charge on any atom is -0.490 e. The van der Waals surface area contributed by atoms with Gasteiger partial charge in [-0.3, -0.25) is 0 Å². The van der Waals surface area contributed by atoms with Crippen molar-refractivity contribution in [3.8, 4) is 16.9 Å². The fourth-order valence-electron chi connectivity index (χ4n) is 4.59. The molecule has 4 rings (SSSR count). The van der Waals surface area contributed by atoms with Crippen molar-refractivity contribution in [2.24, 2.45) is 0 Å². The van der Waals surface area contributed by atoms with Gasteiger partial charge in [-0.15, -0.1) is 6.58 Å². The molecule has 0 radical (unpaired) electrons. The van der Waals surface area contributed by atoms with Crippen LogP contribution < -0.4 is 4.74 Å². The Balaban J connectivity index is 1.32. The molecule has 1 saturated carbocycles.